The molecule has 0 aromatic heterocycles. The molecule has 0 spiro atoms. The second kappa shape index (κ2) is 3.75. The summed E-state index contributed by atoms with van der Waals surface area (Å²) in [7, 11) is 0. The molecule has 0 atom stereocenters. The van der Waals surface area contributed by atoms with E-state index in [2.05, 4.69) is 29.6 Å². The van der Waals surface area contributed by atoms with Crippen LogP contribution >= 0.6 is 0 Å². The van der Waals surface area contributed by atoms with E-state index in [1.165, 1.54) is 5.56 Å². The quantitative estimate of drug-likeness (QED) is 0.884. The fraction of sp³-hybridized carbons (Fsp3) is 0.562. The molecule has 102 valence electrons. The third kappa shape index (κ3) is 2.11. The lowest BCUT2D eigenvalue weighted by Gasteiger charge is -2.70. The van der Waals surface area contributed by atoms with Gasteiger partial charge in [0.05, 0.1) is 0 Å². The van der Waals surface area contributed by atoms with Crippen LogP contribution in [-0.2, 0) is 10.2 Å². The van der Waals surface area contributed by atoms with E-state index >= 15 is 0 Å². The topological polar surface area (TPSA) is 38.3 Å². The zero-order chi connectivity index (χ0) is 13.7. The van der Waals surface area contributed by atoms with E-state index in [-0.39, 0.29) is 11.6 Å². The van der Waals surface area contributed by atoms with Crippen molar-refractivity contribution in [2.24, 2.45) is 0 Å². The molecule has 0 heterocycles. The molecule has 19 heavy (non-hydrogen) atoms. The molecule has 4 rings (SSSR count). The Morgan fingerprint density at radius 1 is 1.16 bits per heavy atom. The predicted molar refractivity (Wildman–Crippen MR) is 74.1 cm³/mol. The van der Waals surface area contributed by atoms with Gasteiger partial charge < -0.3 is 10.1 Å². The Hall–Kier alpha value is -1.51. The molecule has 3 heteroatoms. The number of amides is 1. The normalized spacial score (nSPS) is 31.9. The fourth-order valence-corrected chi connectivity index (χ4v) is 3.54. The van der Waals surface area contributed by atoms with Crippen LogP contribution in [0.5, 0.6) is 0 Å². The molecular formula is C16H21NO2. The molecule has 3 aliphatic rings. The third-order valence-corrected chi connectivity index (χ3v) is 4.18. The van der Waals surface area contributed by atoms with Gasteiger partial charge in [-0.05, 0) is 45.6 Å². The summed E-state index contributed by atoms with van der Waals surface area (Å²) in [6.45, 7) is 5.67. The summed E-state index contributed by atoms with van der Waals surface area (Å²) in [5, 5.41) is 3.05. The van der Waals surface area contributed by atoms with Crippen molar-refractivity contribution in [2.75, 3.05) is 0 Å². The van der Waals surface area contributed by atoms with Gasteiger partial charge in [0.25, 0.3) is 0 Å². The van der Waals surface area contributed by atoms with Crippen molar-refractivity contribution < 1.29 is 9.53 Å². The summed E-state index contributed by atoms with van der Waals surface area (Å²) in [6, 6.07) is 10.6. The van der Waals surface area contributed by atoms with Crippen LogP contribution in [0.2, 0.25) is 0 Å². The highest BCUT2D eigenvalue weighted by atomic mass is 16.6. The van der Waals surface area contributed by atoms with E-state index in [1.807, 2.05) is 26.8 Å². The Morgan fingerprint density at radius 2 is 1.74 bits per heavy atom. The number of hydrogen-bond acceptors (Lipinski definition) is 2. The molecule has 3 nitrogen and oxygen atoms in total. The molecule has 0 unspecified atom stereocenters. The lowest BCUT2D eigenvalue weighted by atomic mass is 9.37. The maximum atomic E-state index is 11.8. The van der Waals surface area contributed by atoms with Crippen molar-refractivity contribution in [2.45, 2.75) is 56.6 Å². The molecule has 1 aromatic carbocycles. The molecule has 3 fully saturated rings. The first-order chi connectivity index (χ1) is 8.83. The lowest BCUT2D eigenvalue weighted by Crippen LogP contribution is -2.76. The summed E-state index contributed by atoms with van der Waals surface area (Å²) in [6.07, 6.45) is 2.85. The summed E-state index contributed by atoms with van der Waals surface area (Å²) < 4.78 is 5.32. The Kier molecular flexibility index (Phi) is 2.47. The van der Waals surface area contributed by atoms with Gasteiger partial charge in [-0.3, -0.25) is 0 Å². The maximum Gasteiger partial charge on any atom is 0.408 e. The van der Waals surface area contributed by atoms with Crippen molar-refractivity contribution in [3.63, 3.8) is 0 Å². The van der Waals surface area contributed by atoms with Crippen LogP contribution in [0.4, 0.5) is 4.79 Å². The Balaban J connectivity index is 1.58. The number of benzene rings is 1. The maximum absolute atomic E-state index is 11.8. The van der Waals surface area contributed by atoms with E-state index in [0.29, 0.717) is 5.41 Å². The molecule has 1 amide bonds. The fourth-order valence-electron chi connectivity index (χ4n) is 3.54. The Morgan fingerprint density at radius 3 is 2.26 bits per heavy atom. The second-order valence-corrected chi connectivity index (χ2v) is 7.08. The van der Waals surface area contributed by atoms with Crippen LogP contribution < -0.4 is 5.32 Å². The largest absolute Gasteiger partial charge is 0.444 e. The number of alkyl carbamates (subject to hydrolysis) is 1. The molecular weight excluding hydrogens is 238 g/mol. The molecule has 3 aliphatic carbocycles. The van der Waals surface area contributed by atoms with Gasteiger partial charge in [0, 0.05) is 11.0 Å². The number of carbonyl (C=O) groups is 1. The zero-order valence-electron chi connectivity index (χ0n) is 11.8. The molecule has 1 aromatic rings. The molecule has 2 bridgehead atoms. The highest BCUT2D eigenvalue weighted by molar-refractivity contribution is 5.70. The van der Waals surface area contributed by atoms with Crippen molar-refractivity contribution in [1.29, 1.82) is 0 Å². The van der Waals surface area contributed by atoms with E-state index in [9.17, 15) is 4.79 Å². The minimum Gasteiger partial charge on any atom is -0.444 e. The van der Waals surface area contributed by atoms with Crippen LogP contribution in [0.15, 0.2) is 30.3 Å². The molecule has 1 N–H and O–H groups in total. The summed E-state index contributed by atoms with van der Waals surface area (Å²) in [4.78, 5) is 11.8. The van der Waals surface area contributed by atoms with Gasteiger partial charge in [-0.2, -0.15) is 0 Å². The highest BCUT2D eigenvalue weighted by Crippen LogP contribution is 2.67. The van der Waals surface area contributed by atoms with E-state index in [4.69, 9.17) is 4.74 Å². The number of ether oxygens (including phenoxy) is 1. The Bertz CT molecular complexity index is 481. The van der Waals surface area contributed by atoms with Crippen LogP contribution in [0.25, 0.3) is 0 Å². The SMILES string of the molecule is CC(C)(C)OC(=O)NC12CC(c3ccccc3)(C1)C2. The average Bonchev–Trinajstić information content (AvgIpc) is 2.20. The molecule has 0 radical (unpaired) electrons. The van der Waals surface area contributed by atoms with E-state index in [0.717, 1.165) is 19.3 Å². The number of carbonyl (C=O) groups excluding carboxylic acids is 1. The van der Waals surface area contributed by atoms with E-state index < -0.39 is 5.60 Å². The smallest absolute Gasteiger partial charge is 0.408 e. The number of hydrogen-bond donors (Lipinski definition) is 1. The van der Waals surface area contributed by atoms with Gasteiger partial charge >= 0.3 is 6.09 Å². The van der Waals surface area contributed by atoms with Crippen LogP contribution in [-0.4, -0.2) is 17.2 Å². The minimum absolute atomic E-state index is 0.00181. The third-order valence-electron chi connectivity index (χ3n) is 4.18. The molecule has 3 saturated carbocycles. The van der Waals surface area contributed by atoms with E-state index in [1.54, 1.807) is 0 Å². The summed E-state index contributed by atoms with van der Waals surface area (Å²) >= 11 is 0. The summed E-state index contributed by atoms with van der Waals surface area (Å²) in [5.41, 5.74) is 1.29. The predicted octanol–water partition coefficient (Wildman–Crippen LogP) is 3.39. The highest BCUT2D eigenvalue weighted by Gasteiger charge is 2.69. The van der Waals surface area contributed by atoms with Crippen LogP contribution in [0.3, 0.4) is 0 Å². The lowest BCUT2D eigenvalue weighted by molar-refractivity contribution is -0.0884. The van der Waals surface area contributed by atoms with Gasteiger partial charge in [-0.15, -0.1) is 0 Å². The van der Waals surface area contributed by atoms with Gasteiger partial charge in [-0.25, -0.2) is 4.79 Å². The van der Waals surface area contributed by atoms with Gasteiger partial charge in [0.15, 0.2) is 0 Å². The van der Waals surface area contributed by atoms with Crippen molar-refractivity contribution in [1.82, 2.24) is 5.32 Å². The van der Waals surface area contributed by atoms with Crippen LogP contribution in [0, 0.1) is 0 Å². The first-order valence-electron chi connectivity index (χ1n) is 6.89. The van der Waals surface area contributed by atoms with Crippen molar-refractivity contribution >= 4 is 6.09 Å². The molecule has 0 aliphatic heterocycles. The van der Waals surface area contributed by atoms with Crippen molar-refractivity contribution in [3.8, 4) is 0 Å². The molecule has 0 saturated heterocycles. The number of rotatable bonds is 2. The Labute approximate surface area is 114 Å². The first kappa shape index (κ1) is 12.5. The van der Waals surface area contributed by atoms with Gasteiger partial charge in [0.2, 0.25) is 0 Å². The zero-order valence-corrected chi connectivity index (χ0v) is 11.8. The second-order valence-electron chi connectivity index (χ2n) is 7.08. The van der Waals surface area contributed by atoms with Gasteiger partial charge in [0.1, 0.15) is 5.60 Å². The van der Waals surface area contributed by atoms with Crippen LogP contribution in [0.1, 0.15) is 45.6 Å². The standard InChI is InChI=1S/C16H21NO2/c1-14(2,3)19-13(18)17-16-9-15(10-16,11-16)12-7-5-4-6-8-12/h4-8H,9-11H2,1-3H3,(H,17,18). The van der Waals surface area contributed by atoms with Crippen molar-refractivity contribution in [3.05, 3.63) is 35.9 Å². The summed E-state index contributed by atoms with van der Waals surface area (Å²) in [5.74, 6) is 0. The average molecular weight is 259 g/mol. The number of nitrogens with one attached hydrogen (secondary N) is 1. The first-order valence-corrected chi connectivity index (χ1v) is 6.89. The van der Waals surface area contributed by atoms with Gasteiger partial charge in [-0.1, -0.05) is 30.3 Å². The minimum atomic E-state index is -0.426. The monoisotopic (exact) mass is 259 g/mol.